The summed E-state index contributed by atoms with van der Waals surface area (Å²) < 4.78 is 0. The van der Waals surface area contributed by atoms with Crippen LogP contribution in [0.1, 0.15) is 32.3 Å². The molecule has 0 fully saturated rings. The molecule has 0 atom stereocenters. The Morgan fingerprint density at radius 2 is 1.85 bits per heavy atom. The topological polar surface area (TPSA) is 0 Å². The van der Waals surface area contributed by atoms with Gasteiger partial charge in [0.1, 0.15) is 0 Å². The SMILES string of the molecule is C=C(CCC(C)C)c1ccccc1. The highest BCUT2D eigenvalue weighted by Crippen LogP contribution is 2.19. The highest BCUT2D eigenvalue weighted by molar-refractivity contribution is 5.62. The molecule has 0 amide bonds. The molecule has 13 heavy (non-hydrogen) atoms. The van der Waals surface area contributed by atoms with Gasteiger partial charge in [0, 0.05) is 0 Å². The monoisotopic (exact) mass is 174 g/mol. The van der Waals surface area contributed by atoms with E-state index in [1.807, 2.05) is 6.07 Å². The third kappa shape index (κ3) is 3.45. The number of hydrogen-bond acceptors (Lipinski definition) is 0. The summed E-state index contributed by atoms with van der Waals surface area (Å²) in [4.78, 5) is 0. The minimum atomic E-state index is 0.764. The van der Waals surface area contributed by atoms with Crippen molar-refractivity contribution in [1.82, 2.24) is 0 Å². The second-order valence-corrected chi connectivity index (χ2v) is 3.90. The molecule has 0 unspecified atom stereocenters. The summed E-state index contributed by atoms with van der Waals surface area (Å²) in [5, 5.41) is 0. The molecule has 0 radical (unpaired) electrons. The largest absolute Gasteiger partial charge is 0.0952 e. The summed E-state index contributed by atoms with van der Waals surface area (Å²) in [6.45, 7) is 8.59. The summed E-state index contributed by atoms with van der Waals surface area (Å²) in [6.07, 6.45) is 2.34. The van der Waals surface area contributed by atoms with Crippen molar-refractivity contribution in [2.75, 3.05) is 0 Å². The van der Waals surface area contributed by atoms with Crippen LogP contribution < -0.4 is 0 Å². The van der Waals surface area contributed by atoms with E-state index in [9.17, 15) is 0 Å². The minimum Gasteiger partial charge on any atom is -0.0952 e. The van der Waals surface area contributed by atoms with Gasteiger partial charge >= 0.3 is 0 Å². The molecule has 0 heterocycles. The molecular weight excluding hydrogens is 156 g/mol. The Bertz CT molecular complexity index is 257. The highest BCUT2D eigenvalue weighted by Gasteiger charge is 1.99. The van der Waals surface area contributed by atoms with Crippen molar-refractivity contribution in [1.29, 1.82) is 0 Å². The first kappa shape index (κ1) is 10.0. The Labute approximate surface area is 81.3 Å². The molecule has 0 N–H and O–H groups in total. The van der Waals surface area contributed by atoms with E-state index < -0.39 is 0 Å². The summed E-state index contributed by atoms with van der Waals surface area (Å²) in [6, 6.07) is 10.4. The van der Waals surface area contributed by atoms with Gasteiger partial charge in [-0.05, 0) is 29.9 Å². The molecule has 0 saturated heterocycles. The first-order chi connectivity index (χ1) is 6.20. The van der Waals surface area contributed by atoms with Gasteiger partial charge in [0.15, 0.2) is 0 Å². The zero-order valence-corrected chi connectivity index (χ0v) is 8.59. The third-order valence-corrected chi connectivity index (χ3v) is 2.21. The van der Waals surface area contributed by atoms with Crippen molar-refractivity contribution in [3.8, 4) is 0 Å². The quantitative estimate of drug-likeness (QED) is 0.643. The summed E-state index contributed by atoms with van der Waals surface area (Å²) in [7, 11) is 0. The van der Waals surface area contributed by atoms with Gasteiger partial charge in [0.2, 0.25) is 0 Å². The van der Waals surface area contributed by atoms with E-state index in [4.69, 9.17) is 0 Å². The van der Waals surface area contributed by atoms with Crippen molar-refractivity contribution < 1.29 is 0 Å². The first-order valence-electron chi connectivity index (χ1n) is 4.93. The molecule has 0 aliphatic carbocycles. The fraction of sp³-hybridized carbons (Fsp3) is 0.385. The van der Waals surface area contributed by atoms with Gasteiger partial charge in [-0.3, -0.25) is 0 Å². The van der Waals surface area contributed by atoms with Gasteiger partial charge in [-0.2, -0.15) is 0 Å². The van der Waals surface area contributed by atoms with Crippen LogP contribution in [0.15, 0.2) is 36.9 Å². The van der Waals surface area contributed by atoms with E-state index in [0.717, 1.165) is 12.3 Å². The zero-order valence-electron chi connectivity index (χ0n) is 8.59. The molecule has 1 aromatic carbocycles. The number of allylic oxidation sites excluding steroid dienone is 1. The van der Waals surface area contributed by atoms with Crippen molar-refractivity contribution in [3.63, 3.8) is 0 Å². The van der Waals surface area contributed by atoms with Crippen LogP contribution in [0.2, 0.25) is 0 Å². The average Bonchev–Trinajstić information content (AvgIpc) is 2.15. The van der Waals surface area contributed by atoms with Crippen LogP contribution in [0.25, 0.3) is 5.57 Å². The minimum absolute atomic E-state index is 0.764. The van der Waals surface area contributed by atoms with E-state index in [2.05, 4.69) is 44.7 Å². The van der Waals surface area contributed by atoms with Crippen LogP contribution in [-0.4, -0.2) is 0 Å². The van der Waals surface area contributed by atoms with Crippen LogP contribution in [0, 0.1) is 5.92 Å². The van der Waals surface area contributed by atoms with E-state index in [-0.39, 0.29) is 0 Å². The van der Waals surface area contributed by atoms with Crippen molar-refractivity contribution in [3.05, 3.63) is 42.5 Å². The second-order valence-electron chi connectivity index (χ2n) is 3.90. The molecule has 1 aromatic rings. The van der Waals surface area contributed by atoms with Crippen molar-refractivity contribution >= 4 is 5.57 Å². The molecule has 0 nitrogen and oxygen atoms in total. The van der Waals surface area contributed by atoms with Gasteiger partial charge in [-0.25, -0.2) is 0 Å². The van der Waals surface area contributed by atoms with Gasteiger partial charge in [0.05, 0.1) is 0 Å². The number of benzene rings is 1. The van der Waals surface area contributed by atoms with E-state index in [0.29, 0.717) is 0 Å². The zero-order chi connectivity index (χ0) is 9.68. The lowest BCUT2D eigenvalue weighted by molar-refractivity contribution is 0.599. The molecule has 0 aromatic heterocycles. The number of hydrogen-bond donors (Lipinski definition) is 0. The fourth-order valence-corrected chi connectivity index (χ4v) is 1.28. The first-order valence-corrected chi connectivity index (χ1v) is 4.93. The second kappa shape index (κ2) is 4.86. The molecule has 1 rings (SSSR count). The van der Waals surface area contributed by atoms with E-state index in [1.54, 1.807) is 0 Å². The predicted octanol–water partition coefficient (Wildman–Crippen LogP) is 4.14. The van der Waals surface area contributed by atoms with Crippen LogP contribution in [0.4, 0.5) is 0 Å². The third-order valence-electron chi connectivity index (χ3n) is 2.21. The van der Waals surface area contributed by atoms with Gasteiger partial charge in [0.25, 0.3) is 0 Å². The Balaban J connectivity index is 2.50. The molecule has 0 heteroatoms. The van der Waals surface area contributed by atoms with Crippen molar-refractivity contribution in [2.24, 2.45) is 5.92 Å². The molecular formula is C13H18. The molecule has 70 valence electrons. The lowest BCUT2D eigenvalue weighted by Crippen LogP contribution is -1.89. The van der Waals surface area contributed by atoms with Gasteiger partial charge in [-0.1, -0.05) is 50.8 Å². The maximum absolute atomic E-state index is 4.10. The maximum Gasteiger partial charge on any atom is -0.0230 e. The lowest BCUT2D eigenvalue weighted by Gasteiger charge is -2.07. The van der Waals surface area contributed by atoms with E-state index in [1.165, 1.54) is 17.6 Å². The Morgan fingerprint density at radius 3 is 2.38 bits per heavy atom. The lowest BCUT2D eigenvalue weighted by atomic mass is 9.99. The van der Waals surface area contributed by atoms with Gasteiger partial charge < -0.3 is 0 Å². The summed E-state index contributed by atoms with van der Waals surface area (Å²) in [5.74, 6) is 0.764. The Hall–Kier alpha value is -1.04. The molecule has 0 bridgehead atoms. The molecule has 0 saturated carbocycles. The maximum atomic E-state index is 4.10. The predicted molar refractivity (Wildman–Crippen MR) is 59.5 cm³/mol. The molecule has 0 aliphatic heterocycles. The fourth-order valence-electron chi connectivity index (χ4n) is 1.28. The van der Waals surface area contributed by atoms with Crippen LogP contribution >= 0.6 is 0 Å². The Kier molecular flexibility index (Phi) is 3.75. The summed E-state index contributed by atoms with van der Waals surface area (Å²) in [5.41, 5.74) is 2.54. The smallest absolute Gasteiger partial charge is 0.0230 e. The van der Waals surface area contributed by atoms with Crippen LogP contribution in [-0.2, 0) is 0 Å². The van der Waals surface area contributed by atoms with Crippen LogP contribution in [0.5, 0.6) is 0 Å². The normalized spacial score (nSPS) is 10.4. The summed E-state index contributed by atoms with van der Waals surface area (Å²) >= 11 is 0. The molecule has 0 spiro atoms. The Morgan fingerprint density at radius 1 is 1.23 bits per heavy atom. The highest BCUT2D eigenvalue weighted by atomic mass is 14.0. The van der Waals surface area contributed by atoms with E-state index >= 15 is 0 Å². The van der Waals surface area contributed by atoms with Crippen LogP contribution in [0.3, 0.4) is 0 Å². The van der Waals surface area contributed by atoms with Gasteiger partial charge in [-0.15, -0.1) is 0 Å². The standard InChI is InChI=1S/C13H18/c1-11(2)9-10-12(3)13-7-5-4-6-8-13/h4-8,11H,3,9-10H2,1-2H3. The molecule has 0 aliphatic rings. The number of rotatable bonds is 4. The average molecular weight is 174 g/mol. The van der Waals surface area contributed by atoms with Crippen molar-refractivity contribution in [2.45, 2.75) is 26.7 Å².